The van der Waals surface area contributed by atoms with Crippen LogP contribution in [0.15, 0.2) is 0 Å². The van der Waals surface area contributed by atoms with Crippen LogP contribution in [0.25, 0.3) is 0 Å². The van der Waals surface area contributed by atoms with Gasteiger partial charge in [0.15, 0.2) is 12.2 Å². The highest BCUT2D eigenvalue weighted by Crippen LogP contribution is 2.30. The molecule has 0 aromatic carbocycles. The van der Waals surface area contributed by atoms with Crippen LogP contribution >= 0.6 is 0 Å². The first-order valence-corrected chi connectivity index (χ1v) is 6.56. The molecule has 0 radical (unpaired) electrons. The highest BCUT2D eigenvalue weighted by Gasteiger charge is 2.51. The number of imide groups is 2. The van der Waals surface area contributed by atoms with Crippen molar-refractivity contribution in [2.75, 3.05) is 13.2 Å². The van der Waals surface area contributed by atoms with Gasteiger partial charge in [-0.2, -0.15) is 0 Å². The maximum Gasteiger partial charge on any atom is 0.414 e. The topological polar surface area (TPSA) is 129 Å². The first-order valence-electron chi connectivity index (χ1n) is 6.56. The number of rotatable bonds is 2. The van der Waals surface area contributed by atoms with Crippen LogP contribution in [0.4, 0.5) is 9.59 Å². The number of nitrogens with one attached hydrogen (secondary N) is 2. The minimum absolute atomic E-state index is 0.0504. The molecule has 2 heterocycles. The Kier molecular flexibility index (Phi) is 4.93. The van der Waals surface area contributed by atoms with E-state index < -0.39 is 48.4 Å². The molecule has 2 rings (SSSR count). The molecule has 10 nitrogen and oxygen atoms in total. The molecule has 22 heavy (non-hydrogen) atoms. The van der Waals surface area contributed by atoms with Crippen LogP contribution in [0.2, 0.25) is 0 Å². The van der Waals surface area contributed by atoms with E-state index in [1.54, 1.807) is 0 Å². The maximum absolute atomic E-state index is 11.4. The van der Waals surface area contributed by atoms with Crippen LogP contribution in [0.1, 0.15) is 13.8 Å². The molecule has 2 aliphatic heterocycles. The number of fused-ring (bicyclic) bond motifs is 1. The van der Waals surface area contributed by atoms with Crippen LogP contribution in [-0.4, -0.2) is 61.6 Å². The fourth-order valence-corrected chi connectivity index (χ4v) is 2.25. The molecule has 0 aliphatic carbocycles. The Morgan fingerprint density at radius 3 is 1.50 bits per heavy atom. The first kappa shape index (κ1) is 16.2. The van der Waals surface area contributed by atoms with Gasteiger partial charge in [0.25, 0.3) is 0 Å². The fraction of sp³-hybridized carbons (Fsp3) is 0.667. The first-order chi connectivity index (χ1) is 10.4. The van der Waals surface area contributed by atoms with Gasteiger partial charge in [0.2, 0.25) is 11.8 Å². The van der Waals surface area contributed by atoms with Crippen molar-refractivity contribution in [2.24, 2.45) is 0 Å². The average Bonchev–Trinajstić information content (AvgIpc) is 2.92. The van der Waals surface area contributed by atoms with Gasteiger partial charge < -0.3 is 18.9 Å². The van der Waals surface area contributed by atoms with E-state index in [0.717, 1.165) is 0 Å². The lowest BCUT2D eigenvalue weighted by atomic mass is 10.1. The van der Waals surface area contributed by atoms with Crippen molar-refractivity contribution in [1.82, 2.24) is 10.6 Å². The highest BCUT2D eigenvalue weighted by molar-refractivity contribution is 5.90. The van der Waals surface area contributed by atoms with E-state index in [2.05, 4.69) is 0 Å². The normalized spacial score (nSPS) is 29.4. The van der Waals surface area contributed by atoms with Gasteiger partial charge in [-0.15, -0.1) is 0 Å². The molecule has 2 aliphatic rings. The standard InChI is InChI=1S/C12H16N2O8/c1-5(15)13-11(17)21-7-3-19-10-8(4-20-9(7)10)22-12(18)14-6(2)16/h7-10H,3-4H2,1-2H3,(H,13,15,17)(H,14,16,18)/t7?,8?,9-,10-/m1/s1. The van der Waals surface area contributed by atoms with Gasteiger partial charge in [0, 0.05) is 13.8 Å². The molecule has 0 aromatic heterocycles. The average molecular weight is 316 g/mol. The second-order valence-electron chi connectivity index (χ2n) is 4.85. The van der Waals surface area contributed by atoms with Crippen molar-refractivity contribution in [2.45, 2.75) is 38.3 Å². The molecule has 0 aromatic rings. The van der Waals surface area contributed by atoms with E-state index >= 15 is 0 Å². The molecule has 2 fully saturated rings. The second-order valence-corrected chi connectivity index (χ2v) is 4.85. The molecule has 4 amide bonds. The zero-order valence-electron chi connectivity index (χ0n) is 12.0. The van der Waals surface area contributed by atoms with Crippen molar-refractivity contribution < 1.29 is 38.1 Å². The summed E-state index contributed by atoms with van der Waals surface area (Å²) in [5.41, 5.74) is 0. The third kappa shape index (κ3) is 3.92. The third-order valence-electron chi connectivity index (χ3n) is 3.04. The third-order valence-corrected chi connectivity index (χ3v) is 3.04. The van der Waals surface area contributed by atoms with E-state index in [-0.39, 0.29) is 13.2 Å². The van der Waals surface area contributed by atoms with Gasteiger partial charge in [-0.05, 0) is 0 Å². The van der Waals surface area contributed by atoms with Gasteiger partial charge in [-0.1, -0.05) is 0 Å². The Morgan fingerprint density at radius 2 is 1.18 bits per heavy atom. The van der Waals surface area contributed by atoms with E-state index in [1.165, 1.54) is 13.8 Å². The summed E-state index contributed by atoms with van der Waals surface area (Å²) in [5.74, 6) is -1.09. The Balaban J connectivity index is 1.86. The number of hydrogen-bond donors (Lipinski definition) is 2. The quantitative estimate of drug-likeness (QED) is 0.668. The summed E-state index contributed by atoms with van der Waals surface area (Å²) in [6.45, 7) is 2.46. The van der Waals surface area contributed by atoms with Gasteiger partial charge in [0.05, 0.1) is 13.2 Å². The molecular formula is C12H16N2O8. The van der Waals surface area contributed by atoms with Crippen molar-refractivity contribution >= 4 is 24.0 Å². The lowest BCUT2D eigenvalue weighted by Gasteiger charge is -2.17. The van der Waals surface area contributed by atoms with Gasteiger partial charge in [0.1, 0.15) is 12.2 Å². The number of alkyl carbamates (subject to hydrolysis) is 2. The molecular weight excluding hydrogens is 300 g/mol. The monoisotopic (exact) mass is 316 g/mol. The maximum atomic E-state index is 11.4. The molecule has 2 unspecified atom stereocenters. The van der Waals surface area contributed by atoms with Crippen LogP contribution in [0.3, 0.4) is 0 Å². The minimum atomic E-state index is -0.899. The molecule has 4 atom stereocenters. The highest BCUT2D eigenvalue weighted by atomic mass is 16.7. The van der Waals surface area contributed by atoms with Crippen molar-refractivity contribution in [1.29, 1.82) is 0 Å². The smallest absolute Gasteiger partial charge is 0.414 e. The van der Waals surface area contributed by atoms with Crippen LogP contribution in [0, 0.1) is 0 Å². The zero-order chi connectivity index (χ0) is 16.3. The second kappa shape index (κ2) is 6.71. The Morgan fingerprint density at radius 1 is 0.818 bits per heavy atom. The Bertz CT molecular complexity index is 450. The van der Waals surface area contributed by atoms with Crippen LogP contribution in [0.5, 0.6) is 0 Å². The summed E-state index contributed by atoms with van der Waals surface area (Å²) in [6, 6.07) is 0. The zero-order valence-corrected chi connectivity index (χ0v) is 12.0. The summed E-state index contributed by atoms with van der Waals surface area (Å²) >= 11 is 0. The lowest BCUT2D eigenvalue weighted by molar-refractivity contribution is -0.119. The molecule has 0 spiro atoms. The summed E-state index contributed by atoms with van der Waals surface area (Å²) in [7, 11) is 0. The van der Waals surface area contributed by atoms with Gasteiger partial charge >= 0.3 is 12.2 Å². The Labute approximate surface area is 125 Å². The predicted octanol–water partition coefficient (Wildman–Crippen LogP) is -0.933. The van der Waals surface area contributed by atoms with E-state index in [9.17, 15) is 19.2 Å². The number of amides is 4. The molecule has 2 saturated heterocycles. The van der Waals surface area contributed by atoms with Crippen LogP contribution in [-0.2, 0) is 28.5 Å². The van der Waals surface area contributed by atoms with E-state index in [4.69, 9.17) is 18.9 Å². The van der Waals surface area contributed by atoms with Crippen molar-refractivity contribution in [3.05, 3.63) is 0 Å². The summed E-state index contributed by atoms with van der Waals surface area (Å²) in [5, 5.41) is 3.94. The van der Waals surface area contributed by atoms with Gasteiger partial charge in [-0.3, -0.25) is 20.2 Å². The number of ether oxygens (including phenoxy) is 4. The molecule has 0 bridgehead atoms. The van der Waals surface area contributed by atoms with Crippen LogP contribution < -0.4 is 10.6 Å². The fourth-order valence-electron chi connectivity index (χ4n) is 2.25. The SMILES string of the molecule is CC(=O)NC(=O)OC1CO[C@@H]2C(OC(=O)NC(C)=O)CO[C@H]12. The molecule has 122 valence electrons. The Hall–Kier alpha value is -2.20. The predicted molar refractivity (Wildman–Crippen MR) is 67.7 cm³/mol. The van der Waals surface area contributed by atoms with E-state index in [1.807, 2.05) is 10.6 Å². The molecule has 10 heteroatoms. The number of hydrogen-bond acceptors (Lipinski definition) is 8. The minimum Gasteiger partial charge on any atom is -0.441 e. The lowest BCUT2D eigenvalue weighted by Crippen LogP contribution is -2.40. The van der Waals surface area contributed by atoms with E-state index in [0.29, 0.717) is 0 Å². The largest absolute Gasteiger partial charge is 0.441 e. The summed E-state index contributed by atoms with van der Waals surface area (Å²) in [4.78, 5) is 44.3. The molecule has 2 N–H and O–H groups in total. The summed E-state index contributed by atoms with van der Waals surface area (Å²) < 4.78 is 20.9. The molecule has 0 saturated carbocycles. The number of carbonyl (C=O) groups excluding carboxylic acids is 4. The van der Waals surface area contributed by atoms with Crippen molar-refractivity contribution in [3.63, 3.8) is 0 Å². The van der Waals surface area contributed by atoms with Crippen molar-refractivity contribution in [3.8, 4) is 0 Å². The number of carbonyl (C=O) groups is 4. The van der Waals surface area contributed by atoms with Gasteiger partial charge in [-0.25, -0.2) is 9.59 Å². The summed E-state index contributed by atoms with van der Waals surface area (Å²) in [6.07, 6.45) is -4.43.